The summed E-state index contributed by atoms with van der Waals surface area (Å²) >= 11 is 1.62. The highest BCUT2D eigenvalue weighted by Crippen LogP contribution is 2.23. The molecule has 0 aliphatic carbocycles. The van der Waals surface area contributed by atoms with Crippen LogP contribution in [0.5, 0.6) is 0 Å². The Morgan fingerprint density at radius 2 is 2.04 bits per heavy atom. The molecule has 0 atom stereocenters. The van der Waals surface area contributed by atoms with Gasteiger partial charge in [0.15, 0.2) is 5.17 Å². The zero-order valence-electron chi connectivity index (χ0n) is 14.6. The van der Waals surface area contributed by atoms with Crippen LogP contribution in [0.25, 0.3) is 0 Å². The van der Waals surface area contributed by atoms with Crippen molar-refractivity contribution in [1.29, 1.82) is 0 Å². The van der Waals surface area contributed by atoms with Gasteiger partial charge in [-0.3, -0.25) is 4.99 Å². The molecule has 0 saturated carbocycles. The quantitative estimate of drug-likeness (QED) is 0.606. The van der Waals surface area contributed by atoms with Crippen LogP contribution in [-0.4, -0.2) is 47.0 Å². The average molecular weight is 379 g/mol. The summed E-state index contributed by atoms with van der Waals surface area (Å²) in [6.45, 7) is 6.11. The number of amidine groups is 1. The van der Waals surface area contributed by atoms with Crippen LogP contribution in [0.15, 0.2) is 40.4 Å². The molecule has 1 aliphatic heterocycles. The van der Waals surface area contributed by atoms with Gasteiger partial charge in [-0.1, -0.05) is 29.5 Å². The van der Waals surface area contributed by atoms with Crippen LogP contribution in [0.2, 0.25) is 0 Å². The number of aromatic nitrogens is 2. The Hall–Kier alpha value is -1.80. The lowest BCUT2D eigenvalue weighted by molar-refractivity contribution is 0.398. The van der Waals surface area contributed by atoms with Crippen molar-refractivity contribution >= 4 is 27.0 Å². The van der Waals surface area contributed by atoms with Gasteiger partial charge in [-0.05, 0) is 32.2 Å². The van der Waals surface area contributed by atoms with E-state index in [0.29, 0.717) is 6.54 Å². The third-order valence-electron chi connectivity index (χ3n) is 4.15. The molecule has 6 nitrogen and oxygen atoms in total. The van der Waals surface area contributed by atoms with Crippen molar-refractivity contribution in [1.82, 2.24) is 14.1 Å². The van der Waals surface area contributed by atoms with E-state index in [1.54, 1.807) is 42.2 Å². The van der Waals surface area contributed by atoms with Crippen LogP contribution >= 0.6 is 11.8 Å². The summed E-state index contributed by atoms with van der Waals surface area (Å²) in [5.41, 5.74) is 2.82. The van der Waals surface area contributed by atoms with E-state index in [-0.39, 0.29) is 4.90 Å². The maximum absolute atomic E-state index is 12.8. The Morgan fingerprint density at radius 3 is 2.68 bits per heavy atom. The van der Waals surface area contributed by atoms with Crippen molar-refractivity contribution in [2.45, 2.75) is 31.7 Å². The van der Waals surface area contributed by atoms with Crippen LogP contribution in [0, 0.1) is 6.92 Å². The molecule has 3 rings (SSSR count). The molecule has 0 unspecified atom stereocenters. The fourth-order valence-corrected chi connectivity index (χ4v) is 4.66. The van der Waals surface area contributed by atoms with Crippen molar-refractivity contribution in [3.63, 3.8) is 0 Å². The number of benzene rings is 1. The minimum atomic E-state index is -3.65. The third kappa shape index (κ3) is 3.59. The first-order valence-corrected chi connectivity index (χ1v) is 10.8. The molecule has 2 heterocycles. The van der Waals surface area contributed by atoms with E-state index in [1.165, 1.54) is 0 Å². The Morgan fingerprint density at radius 1 is 1.32 bits per heavy atom. The topological polar surface area (TPSA) is 67.6 Å². The SMILES string of the molecule is CCN=C(SC)N1CCc2nn(S(=O)(=O)c3ccc(C)cc3)cc2C1. The highest BCUT2D eigenvalue weighted by Gasteiger charge is 2.25. The summed E-state index contributed by atoms with van der Waals surface area (Å²) in [6.07, 6.45) is 4.37. The van der Waals surface area contributed by atoms with Crippen LogP contribution in [0.1, 0.15) is 23.7 Å². The second-order valence-electron chi connectivity index (χ2n) is 5.92. The highest BCUT2D eigenvalue weighted by atomic mass is 32.2. The highest BCUT2D eigenvalue weighted by molar-refractivity contribution is 8.13. The van der Waals surface area contributed by atoms with E-state index in [0.717, 1.165) is 45.6 Å². The number of hydrogen-bond donors (Lipinski definition) is 0. The lowest BCUT2D eigenvalue weighted by Gasteiger charge is -2.28. The monoisotopic (exact) mass is 378 g/mol. The Balaban J connectivity index is 1.90. The van der Waals surface area contributed by atoms with Crippen molar-refractivity contribution in [2.75, 3.05) is 19.3 Å². The van der Waals surface area contributed by atoms with Gasteiger partial charge in [-0.15, -0.1) is 0 Å². The summed E-state index contributed by atoms with van der Waals surface area (Å²) in [4.78, 5) is 6.95. The standard InChI is InChI=1S/C17H22N4O2S2/c1-4-18-17(24-3)20-10-9-16-14(11-20)12-21(19-16)25(22,23)15-7-5-13(2)6-8-15/h5-8,12H,4,9-11H2,1-3H3. The summed E-state index contributed by atoms with van der Waals surface area (Å²) < 4.78 is 26.7. The number of aliphatic imine (C=N–C) groups is 1. The van der Waals surface area contributed by atoms with E-state index in [9.17, 15) is 8.42 Å². The molecule has 0 spiro atoms. The van der Waals surface area contributed by atoms with Gasteiger partial charge in [0.25, 0.3) is 10.0 Å². The predicted molar refractivity (Wildman–Crippen MR) is 102 cm³/mol. The fraction of sp³-hybridized carbons (Fsp3) is 0.412. The zero-order chi connectivity index (χ0) is 18.0. The maximum atomic E-state index is 12.8. The van der Waals surface area contributed by atoms with E-state index in [2.05, 4.69) is 15.0 Å². The van der Waals surface area contributed by atoms with Crippen molar-refractivity contribution in [3.8, 4) is 0 Å². The smallest absolute Gasteiger partial charge is 0.282 e. The molecule has 0 amide bonds. The van der Waals surface area contributed by atoms with Crippen molar-refractivity contribution in [3.05, 3.63) is 47.3 Å². The van der Waals surface area contributed by atoms with E-state index >= 15 is 0 Å². The zero-order valence-corrected chi connectivity index (χ0v) is 16.3. The van der Waals surface area contributed by atoms with Gasteiger partial charge in [0.1, 0.15) is 0 Å². The molecule has 0 bridgehead atoms. The molecular weight excluding hydrogens is 356 g/mol. The molecule has 8 heteroatoms. The van der Waals surface area contributed by atoms with Gasteiger partial charge >= 0.3 is 0 Å². The van der Waals surface area contributed by atoms with Gasteiger partial charge in [-0.2, -0.15) is 17.6 Å². The van der Waals surface area contributed by atoms with Gasteiger partial charge in [0.05, 0.1) is 10.6 Å². The number of nitrogens with zero attached hydrogens (tertiary/aromatic N) is 4. The lowest BCUT2D eigenvalue weighted by Crippen LogP contribution is -2.34. The molecule has 0 saturated heterocycles. The number of aryl methyl sites for hydroxylation is 1. The van der Waals surface area contributed by atoms with Crippen LogP contribution in [0.4, 0.5) is 0 Å². The second kappa shape index (κ2) is 7.21. The minimum Gasteiger partial charge on any atom is -0.347 e. The molecule has 0 radical (unpaired) electrons. The number of rotatable bonds is 3. The van der Waals surface area contributed by atoms with E-state index in [4.69, 9.17) is 0 Å². The van der Waals surface area contributed by atoms with Crippen LogP contribution in [-0.2, 0) is 23.0 Å². The average Bonchev–Trinajstić information content (AvgIpc) is 3.04. The largest absolute Gasteiger partial charge is 0.347 e. The van der Waals surface area contributed by atoms with Crippen LogP contribution in [0.3, 0.4) is 0 Å². The molecular formula is C17H22N4O2S2. The van der Waals surface area contributed by atoms with E-state index < -0.39 is 10.0 Å². The minimum absolute atomic E-state index is 0.257. The first kappa shape index (κ1) is 18.0. The summed E-state index contributed by atoms with van der Waals surface area (Å²) in [5.74, 6) is 0. The molecule has 1 aromatic heterocycles. The molecule has 1 aromatic carbocycles. The molecule has 25 heavy (non-hydrogen) atoms. The Bertz CT molecular complexity index is 886. The molecule has 2 aromatic rings. The first-order valence-electron chi connectivity index (χ1n) is 8.18. The Kier molecular flexibility index (Phi) is 5.19. The first-order chi connectivity index (χ1) is 12.0. The van der Waals surface area contributed by atoms with Gasteiger partial charge in [-0.25, -0.2) is 0 Å². The number of fused-ring (bicyclic) bond motifs is 1. The van der Waals surface area contributed by atoms with E-state index in [1.807, 2.05) is 20.1 Å². The summed E-state index contributed by atoms with van der Waals surface area (Å²) in [5, 5.41) is 5.33. The number of hydrogen-bond acceptors (Lipinski definition) is 5. The lowest BCUT2D eigenvalue weighted by atomic mass is 10.1. The normalized spacial score (nSPS) is 15.3. The van der Waals surface area contributed by atoms with Gasteiger partial charge < -0.3 is 4.90 Å². The fourth-order valence-electron chi connectivity index (χ4n) is 2.82. The molecule has 1 aliphatic rings. The van der Waals surface area contributed by atoms with Gasteiger partial charge in [0, 0.05) is 37.8 Å². The predicted octanol–water partition coefficient (Wildman–Crippen LogP) is 2.53. The van der Waals surface area contributed by atoms with Gasteiger partial charge in [0.2, 0.25) is 0 Å². The molecule has 0 fully saturated rings. The summed E-state index contributed by atoms with van der Waals surface area (Å²) in [7, 11) is -3.65. The second-order valence-corrected chi connectivity index (χ2v) is 8.49. The Labute approximate surface area is 153 Å². The third-order valence-corrected chi connectivity index (χ3v) is 6.45. The maximum Gasteiger partial charge on any atom is 0.282 e. The summed E-state index contributed by atoms with van der Waals surface area (Å²) in [6, 6.07) is 6.84. The molecule has 134 valence electrons. The molecule has 0 N–H and O–H groups in total. The number of thioether (sulfide) groups is 1. The van der Waals surface area contributed by atoms with Crippen molar-refractivity contribution < 1.29 is 8.42 Å². The van der Waals surface area contributed by atoms with Crippen molar-refractivity contribution in [2.24, 2.45) is 4.99 Å². The van der Waals surface area contributed by atoms with Crippen LogP contribution < -0.4 is 0 Å².